The van der Waals surface area contributed by atoms with Gasteiger partial charge in [-0.3, -0.25) is 0 Å². The third kappa shape index (κ3) is 9.63. The van der Waals surface area contributed by atoms with Crippen molar-refractivity contribution in [2.75, 3.05) is 0 Å². The Morgan fingerprint density at radius 2 is 1.64 bits per heavy atom. The molecule has 11 heavy (non-hydrogen) atoms. The summed E-state index contributed by atoms with van der Waals surface area (Å²) in [5, 5.41) is 0. The van der Waals surface area contributed by atoms with E-state index in [-0.39, 0.29) is 0 Å². The van der Waals surface area contributed by atoms with Crippen molar-refractivity contribution < 1.29 is 12.9 Å². The minimum absolute atomic E-state index is 0.912. The van der Waals surface area contributed by atoms with Gasteiger partial charge < -0.3 is 12.9 Å². The first kappa shape index (κ1) is 10.6. The molecule has 0 heterocycles. The maximum atomic E-state index is 11.6. The van der Waals surface area contributed by atoms with Crippen molar-refractivity contribution in [3.63, 3.8) is 0 Å². The van der Waals surface area contributed by atoms with Gasteiger partial charge in [-0.2, -0.15) is 0 Å². The van der Waals surface area contributed by atoms with Crippen LogP contribution >= 0.6 is 0 Å². The van der Waals surface area contributed by atoms with Gasteiger partial charge >= 0.3 is 6.98 Å². The Kier molecular flexibility index (Phi) is 3.24. The smallest absolute Gasteiger partial charge is 0.448 e. The van der Waals surface area contributed by atoms with Crippen LogP contribution in [0.1, 0.15) is 0 Å². The van der Waals surface area contributed by atoms with E-state index in [4.69, 9.17) is 0 Å². The van der Waals surface area contributed by atoms with Gasteiger partial charge in [0.15, 0.2) is 0 Å². The summed E-state index contributed by atoms with van der Waals surface area (Å²) in [6.45, 7) is 1.05. The van der Waals surface area contributed by atoms with Gasteiger partial charge in [-0.05, 0) is 6.32 Å². The number of hydrogen-bond acceptors (Lipinski definition) is 0. The van der Waals surface area contributed by atoms with Crippen molar-refractivity contribution in [1.82, 2.24) is 0 Å². The molecule has 0 aromatic rings. The minimum atomic E-state index is -4.71. The molecule has 0 atom stereocenters. The molecule has 0 saturated heterocycles. The second kappa shape index (κ2) is 3.35. The fourth-order valence-corrected chi connectivity index (χ4v) is 1.06. The lowest BCUT2D eigenvalue weighted by Gasteiger charge is -2.08. The maximum absolute atomic E-state index is 11.6. The van der Waals surface area contributed by atoms with Crippen LogP contribution in [0.15, 0.2) is 0 Å². The maximum Gasteiger partial charge on any atom is 0.489 e. The van der Waals surface area contributed by atoms with E-state index >= 15 is 0 Å². The average Bonchev–Trinajstić information content (AvgIpc) is 1.55. The molecule has 0 bridgehead atoms. The van der Waals surface area contributed by atoms with Crippen LogP contribution in [0.3, 0.4) is 0 Å². The van der Waals surface area contributed by atoms with Crippen molar-refractivity contribution in [2.45, 2.75) is 26.0 Å². The van der Waals surface area contributed by atoms with Gasteiger partial charge in [-0.1, -0.05) is 19.6 Å². The van der Waals surface area contributed by atoms with Crippen LogP contribution in [-0.2, 0) is 0 Å². The molecule has 0 aromatic heterocycles. The highest BCUT2D eigenvalue weighted by atomic mass is 28.3. The molecule has 64 valence electrons. The SMILES string of the molecule is C[Si](C)(C)C#CC[B-](F)(F)F. The number of rotatable bonds is 1. The molecule has 0 rings (SSSR count). The molecule has 0 unspecified atom stereocenters. The highest BCUT2D eigenvalue weighted by molar-refractivity contribution is 6.84. The zero-order valence-corrected chi connectivity index (χ0v) is 7.92. The van der Waals surface area contributed by atoms with Crippen LogP contribution in [0.2, 0.25) is 26.0 Å². The third-order valence-corrected chi connectivity index (χ3v) is 1.72. The van der Waals surface area contributed by atoms with Crippen molar-refractivity contribution in [2.24, 2.45) is 0 Å². The van der Waals surface area contributed by atoms with E-state index in [1.165, 1.54) is 0 Å². The zero-order chi connectivity index (χ0) is 9.12. The second-order valence-corrected chi connectivity index (χ2v) is 8.22. The van der Waals surface area contributed by atoms with E-state index in [0.29, 0.717) is 0 Å². The van der Waals surface area contributed by atoms with Crippen LogP contribution in [-0.4, -0.2) is 15.1 Å². The summed E-state index contributed by atoms with van der Waals surface area (Å²) >= 11 is 0. The summed E-state index contributed by atoms with van der Waals surface area (Å²) in [4.78, 5) is 0. The zero-order valence-electron chi connectivity index (χ0n) is 6.92. The molecule has 0 aliphatic rings. The Morgan fingerprint density at radius 1 is 1.18 bits per heavy atom. The van der Waals surface area contributed by atoms with E-state index in [1.54, 1.807) is 0 Å². The van der Waals surface area contributed by atoms with E-state index in [9.17, 15) is 12.9 Å². The molecule has 0 amide bonds. The summed E-state index contributed by atoms with van der Waals surface area (Å²) in [5.41, 5.74) is 2.66. The summed E-state index contributed by atoms with van der Waals surface area (Å²) in [7, 11) is -1.61. The summed E-state index contributed by atoms with van der Waals surface area (Å²) in [6, 6.07) is 0. The highest BCUT2D eigenvalue weighted by Gasteiger charge is 2.21. The van der Waals surface area contributed by atoms with E-state index < -0.39 is 21.4 Å². The predicted molar refractivity (Wildman–Crippen MR) is 45.0 cm³/mol. The van der Waals surface area contributed by atoms with Crippen molar-refractivity contribution in [3.8, 4) is 11.5 Å². The summed E-state index contributed by atoms with van der Waals surface area (Å²) in [5.74, 6) is 2.18. The van der Waals surface area contributed by atoms with Crippen molar-refractivity contribution >= 4 is 15.1 Å². The first-order chi connectivity index (χ1) is 4.71. The van der Waals surface area contributed by atoms with E-state index in [0.717, 1.165) is 0 Å². The Morgan fingerprint density at radius 3 is 1.91 bits per heavy atom. The third-order valence-electron chi connectivity index (χ3n) is 0.797. The average molecular weight is 179 g/mol. The largest absolute Gasteiger partial charge is 0.489 e. The van der Waals surface area contributed by atoms with Gasteiger partial charge in [0.05, 0.1) is 0 Å². The first-order valence-corrected chi connectivity index (χ1v) is 6.92. The van der Waals surface area contributed by atoms with Crippen LogP contribution < -0.4 is 0 Å². The molecule has 0 aliphatic heterocycles. The molecule has 0 aliphatic carbocycles. The first-order valence-electron chi connectivity index (χ1n) is 3.42. The number of hydrogen-bond donors (Lipinski definition) is 0. The Hall–Kier alpha value is -0.368. The molecular formula is C6H11BF3Si-. The van der Waals surface area contributed by atoms with Gasteiger partial charge in [0.25, 0.3) is 0 Å². The highest BCUT2D eigenvalue weighted by Crippen LogP contribution is 2.13. The standard InChI is InChI=1S/C6H11BF3Si/c1-11(2,3)6-4-5-7(8,9)10/h5H2,1-3H3/q-1. The molecule has 0 radical (unpaired) electrons. The molecule has 0 aromatic carbocycles. The summed E-state index contributed by atoms with van der Waals surface area (Å²) in [6.07, 6.45) is -0.912. The van der Waals surface area contributed by atoms with Crippen LogP contribution in [0.25, 0.3) is 0 Å². The van der Waals surface area contributed by atoms with Crippen LogP contribution in [0, 0.1) is 11.5 Å². The number of halogens is 3. The van der Waals surface area contributed by atoms with E-state index in [1.807, 2.05) is 19.6 Å². The lowest BCUT2D eigenvalue weighted by atomic mass is 9.87. The van der Waals surface area contributed by atoms with Gasteiger partial charge in [-0.25, -0.2) is 0 Å². The predicted octanol–water partition coefficient (Wildman–Crippen LogP) is 2.71. The fourth-order valence-electron chi connectivity index (χ4n) is 0.432. The molecule has 0 fully saturated rings. The molecule has 0 N–H and O–H groups in total. The second-order valence-electron chi connectivity index (χ2n) is 3.47. The quantitative estimate of drug-likeness (QED) is 0.428. The van der Waals surface area contributed by atoms with E-state index in [2.05, 4.69) is 11.5 Å². The lowest BCUT2D eigenvalue weighted by Crippen LogP contribution is -2.18. The van der Waals surface area contributed by atoms with Crippen LogP contribution in [0.5, 0.6) is 0 Å². The molecule has 0 nitrogen and oxygen atoms in total. The molecule has 0 saturated carbocycles. The monoisotopic (exact) mass is 179 g/mol. The Labute approximate surface area is 66.2 Å². The lowest BCUT2D eigenvalue weighted by molar-refractivity contribution is 0.479. The van der Waals surface area contributed by atoms with Crippen molar-refractivity contribution in [3.05, 3.63) is 0 Å². The molecule has 0 spiro atoms. The van der Waals surface area contributed by atoms with Gasteiger partial charge in [0.2, 0.25) is 0 Å². The van der Waals surface area contributed by atoms with Crippen LogP contribution in [0.4, 0.5) is 12.9 Å². The Balaban J connectivity index is 3.94. The molecular weight excluding hydrogens is 168 g/mol. The summed E-state index contributed by atoms with van der Waals surface area (Å²) < 4.78 is 34.8. The fraction of sp³-hybridized carbons (Fsp3) is 0.667. The Bertz CT molecular complexity index is 181. The molecule has 5 heteroatoms. The topological polar surface area (TPSA) is 0 Å². The minimum Gasteiger partial charge on any atom is -0.448 e. The normalized spacial score (nSPS) is 12.2. The van der Waals surface area contributed by atoms with Crippen molar-refractivity contribution in [1.29, 1.82) is 0 Å². The van der Waals surface area contributed by atoms with Gasteiger partial charge in [0.1, 0.15) is 8.07 Å². The van der Waals surface area contributed by atoms with Gasteiger partial charge in [0, 0.05) is 0 Å². The van der Waals surface area contributed by atoms with Gasteiger partial charge in [-0.15, -0.1) is 11.5 Å².